The van der Waals surface area contributed by atoms with Crippen molar-refractivity contribution in [2.75, 3.05) is 25.0 Å². The van der Waals surface area contributed by atoms with E-state index < -0.39 is 6.04 Å². The molecule has 1 aliphatic rings. The summed E-state index contributed by atoms with van der Waals surface area (Å²) >= 11 is 0. The van der Waals surface area contributed by atoms with Crippen LogP contribution in [0, 0.1) is 13.8 Å². The average Bonchev–Trinajstić information content (AvgIpc) is 3.51. The van der Waals surface area contributed by atoms with Crippen LogP contribution in [0.3, 0.4) is 0 Å². The molecule has 3 amide bonds. The molecule has 2 N–H and O–H groups in total. The number of carbonyl (C=O) groups is 3. The Labute approximate surface area is 206 Å². The van der Waals surface area contributed by atoms with Crippen molar-refractivity contribution < 1.29 is 23.6 Å². The summed E-state index contributed by atoms with van der Waals surface area (Å²) in [5.41, 5.74) is 1.71. The summed E-state index contributed by atoms with van der Waals surface area (Å²) in [6, 6.07) is 8.44. The summed E-state index contributed by atoms with van der Waals surface area (Å²) in [7, 11) is 0. The molecule has 35 heavy (non-hydrogen) atoms. The highest BCUT2D eigenvalue weighted by atomic mass is 16.5. The Morgan fingerprint density at radius 3 is 2.66 bits per heavy atom. The highest BCUT2D eigenvalue weighted by Crippen LogP contribution is 2.26. The average molecular weight is 485 g/mol. The van der Waals surface area contributed by atoms with Gasteiger partial charge in [-0.3, -0.25) is 14.4 Å². The van der Waals surface area contributed by atoms with Crippen LogP contribution >= 0.6 is 0 Å². The van der Waals surface area contributed by atoms with Gasteiger partial charge in [0.2, 0.25) is 17.7 Å². The van der Waals surface area contributed by atoms with E-state index in [4.69, 9.17) is 9.26 Å². The quantitative estimate of drug-likeness (QED) is 0.475. The maximum atomic E-state index is 13.5. The maximum absolute atomic E-state index is 13.5. The fraction of sp³-hybridized carbons (Fsp3) is 0.538. The number of ether oxygens (including phenoxy) is 1. The zero-order valence-electron chi connectivity index (χ0n) is 20.8. The molecule has 0 radical (unpaired) electrons. The molecule has 1 aromatic carbocycles. The SMILES string of the molecule is CCCCN(C(=O)CCC(=O)Nc1cc(C)on1)[C@H](C(=O)NC[C@H]1CCCO1)c1ccccc1C. The van der Waals surface area contributed by atoms with Gasteiger partial charge in [-0.15, -0.1) is 0 Å². The number of unbranched alkanes of at least 4 members (excludes halogenated alkanes) is 1. The van der Waals surface area contributed by atoms with Gasteiger partial charge in [0.1, 0.15) is 11.8 Å². The molecule has 1 saturated heterocycles. The van der Waals surface area contributed by atoms with Gasteiger partial charge in [0.15, 0.2) is 5.82 Å². The molecule has 0 aliphatic carbocycles. The van der Waals surface area contributed by atoms with Gasteiger partial charge in [-0.05, 0) is 44.2 Å². The van der Waals surface area contributed by atoms with Crippen molar-refractivity contribution in [2.24, 2.45) is 0 Å². The number of anilines is 1. The molecular formula is C26H36N4O5. The summed E-state index contributed by atoms with van der Waals surface area (Å²) in [4.78, 5) is 40.9. The summed E-state index contributed by atoms with van der Waals surface area (Å²) in [5, 5.41) is 9.39. The number of hydrogen-bond donors (Lipinski definition) is 2. The lowest BCUT2D eigenvalue weighted by molar-refractivity contribution is -0.141. The van der Waals surface area contributed by atoms with Crippen LogP contribution in [0.1, 0.15) is 68.4 Å². The van der Waals surface area contributed by atoms with Crippen LogP contribution in [0.15, 0.2) is 34.9 Å². The molecule has 2 heterocycles. The van der Waals surface area contributed by atoms with E-state index in [1.54, 1.807) is 17.9 Å². The predicted octanol–water partition coefficient (Wildman–Crippen LogP) is 3.68. The van der Waals surface area contributed by atoms with E-state index in [0.29, 0.717) is 31.3 Å². The van der Waals surface area contributed by atoms with E-state index in [-0.39, 0.29) is 36.7 Å². The van der Waals surface area contributed by atoms with E-state index in [2.05, 4.69) is 15.8 Å². The molecule has 0 unspecified atom stereocenters. The molecule has 190 valence electrons. The molecule has 3 rings (SSSR count). The summed E-state index contributed by atoms with van der Waals surface area (Å²) in [6.45, 7) is 7.25. The summed E-state index contributed by atoms with van der Waals surface area (Å²) in [6.07, 6.45) is 3.47. The van der Waals surface area contributed by atoms with Crippen LogP contribution in [-0.2, 0) is 19.1 Å². The number of amides is 3. The van der Waals surface area contributed by atoms with Crippen LogP contribution < -0.4 is 10.6 Å². The second-order valence-electron chi connectivity index (χ2n) is 8.95. The Bertz CT molecular complexity index is 999. The molecule has 1 aliphatic heterocycles. The van der Waals surface area contributed by atoms with Gasteiger partial charge in [-0.1, -0.05) is 42.8 Å². The largest absolute Gasteiger partial charge is 0.376 e. The molecule has 1 fully saturated rings. The lowest BCUT2D eigenvalue weighted by Gasteiger charge is -2.32. The number of hydrogen-bond acceptors (Lipinski definition) is 6. The monoisotopic (exact) mass is 484 g/mol. The highest BCUT2D eigenvalue weighted by molar-refractivity contribution is 5.94. The van der Waals surface area contributed by atoms with Gasteiger partial charge in [0.25, 0.3) is 0 Å². The van der Waals surface area contributed by atoms with Crippen LogP contribution in [0.4, 0.5) is 5.82 Å². The Balaban J connectivity index is 1.75. The minimum absolute atomic E-state index is 0.000118. The van der Waals surface area contributed by atoms with E-state index >= 15 is 0 Å². The first-order valence-electron chi connectivity index (χ1n) is 12.4. The van der Waals surface area contributed by atoms with Crippen molar-refractivity contribution in [2.45, 2.75) is 71.4 Å². The third kappa shape index (κ3) is 7.65. The third-order valence-electron chi connectivity index (χ3n) is 6.11. The van der Waals surface area contributed by atoms with E-state index in [9.17, 15) is 14.4 Å². The highest BCUT2D eigenvalue weighted by Gasteiger charge is 2.32. The number of aromatic nitrogens is 1. The maximum Gasteiger partial charge on any atom is 0.247 e. The number of carbonyl (C=O) groups excluding carboxylic acids is 3. The third-order valence-corrected chi connectivity index (χ3v) is 6.11. The molecular weight excluding hydrogens is 448 g/mol. The number of nitrogens with one attached hydrogen (secondary N) is 2. The minimum Gasteiger partial charge on any atom is -0.376 e. The minimum atomic E-state index is -0.780. The molecule has 0 bridgehead atoms. The van der Waals surface area contributed by atoms with Crippen LogP contribution in [0.25, 0.3) is 0 Å². The molecule has 9 nitrogen and oxygen atoms in total. The van der Waals surface area contributed by atoms with Crippen molar-refractivity contribution in [3.63, 3.8) is 0 Å². The number of rotatable bonds is 12. The normalized spacial score (nSPS) is 16.0. The first-order valence-corrected chi connectivity index (χ1v) is 12.4. The van der Waals surface area contributed by atoms with Gasteiger partial charge in [0.05, 0.1) is 6.10 Å². The molecule has 2 aromatic rings. The van der Waals surface area contributed by atoms with Crippen LogP contribution in [-0.4, -0.2) is 53.6 Å². The molecule has 1 aromatic heterocycles. The van der Waals surface area contributed by atoms with Gasteiger partial charge in [0, 0.05) is 38.6 Å². The van der Waals surface area contributed by atoms with E-state index in [1.807, 2.05) is 38.1 Å². The van der Waals surface area contributed by atoms with Crippen molar-refractivity contribution in [3.05, 3.63) is 47.2 Å². The lowest BCUT2D eigenvalue weighted by Crippen LogP contribution is -2.46. The molecule has 9 heteroatoms. The number of benzene rings is 1. The Morgan fingerprint density at radius 2 is 2.00 bits per heavy atom. The Kier molecular flexibility index (Phi) is 9.84. The van der Waals surface area contributed by atoms with Crippen molar-refractivity contribution >= 4 is 23.5 Å². The predicted molar refractivity (Wildman–Crippen MR) is 132 cm³/mol. The van der Waals surface area contributed by atoms with Gasteiger partial charge < -0.3 is 24.8 Å². The Hall–Kier alpha value is -3.20. The standard InChI is InChI=1S/C26H36N4O5/c1-4-5-14-30(24(32)13-12-23(31)28-22-16-19(3)35-29-22)25(21-11-7-6-9-18(21)2)26(33)27-17-20-10-8-15-34-20/h6-7,9,11,16,20,25H,4-5,8,10,12-15,17H2,1-3H3,(H,27,33)(H,28,29,31)/t20-,25+/m1/s1. The first kappa shape index (κ1) is 26.4. The molecule has 2 atom stereocenters. The van der Waals surface area contributed by atoms with E-state index in [1.165, 1.54) is 0 Å². The van der Waals surface area contributed by atoms with Gasteiger partial charge >= 0.3 is 0 Å². The lowest BCUT2D eigenvalue weighted by atomic mass is 9.98. The smallest absolute Gasteiger partial charge is 0.247 e. The summed E-state index contributed by atoms with van der Waals surface area (Å²) in [5.74, 6) is 0.0795. The number of nitrogens with zero attached hydrogens (tertiary/aromatic N) is 2. The zero-order valence-corrected chi connectivity index (χ0v) is 20.8. The second-order valence-corrected chi connectivity index (χ2v) is 8.95. The second kappa shape index (κ2) is 13.0. The summed E-state index contributed by atoms with van der Waals surface area (Å²) < 4.78 is 10.6. The number of aryl methyl sites for hydroxylation is 2. The van der Waals surface area contributed by atoms with Gasteiger partial charge in [-0.25, -0.2) is 0 Å². The zero-order chi connectivity index (χ0) is 25.2. The molecule has 0 saturated carbocycles. The van der Waals surface area contributed by atoms with Crippen molar-refractivity contribution in [1.29, 1.82) is 0 Å². The van der Waals surface area contributed by atoms with Crippen molar-refractivity contribution in [1.82, 2.24) is 15.4 Å². The van der Waals surface area contributed by atoms with Crippen LogP contribution in [0.5, 0.6) is 0 Å². The topological polar surface area (TPSA) is 114 Å². The van der Waals surface area contributed by atoms with Crippen LogP contribution in [0.2, 0.25) is 0 Å². The first-order chi connectivity index (χ1) is 16.9. The fourth-order valence-corrected chi connectivity index (χ4v) is 4.18. The van der Waals surface area contributed by atoms with Crippen molar-refractivity contribution in [3.8, 4) is 0 Å². The van der Waals surface area contributed by atoms with E-state index in [0.717, 1.165) is 36.8 Å². The Morgan fingerprint density at radius 1 is 1.20 bits per heavy atom. The van der Waals surface area contributed by atoms with Gasteiger partial charge in [-0.2, -0.15) is 0 Å². The fourth-order valence-electron chi connectivity index (χ4n) is 4.18. The molecule has 0 spiro atoms.